The fraction of sp³-hybridized carbons (Fsp3) is 0.526. The van der Waals surface area contributed by atoms with Gasteiger partial charge in [-0.05, 0) is 74.1 Å². The molecule has 0 aromatic heterocycles. The van der Waals surface area contributed by atoms with E-state index >= 15 is 0 Å². The van der Waals surface area contributed by atoms with Gasteiger partial charge in [0.25, 0.3) is 0 Å². The van der Waals surface area contributed by atoms with Gasteiger partial charge in [0, 0.05) is 0 Å². The number of hydrogen-bond donors (Lipinski definition) is 0. The van der Waals surface area contributed by atoms with E-state index in [1.54, 1.807) is 6.07 Å². The first-order valence-corrected chi connectivity index (χ1v) is 8.19. The van der Waals surface area contributed by atoms with Gasteiger partial charge in [-0.15, -0.1) is 0 Å². The second-order valence-electron chi connectivity index (χ2n) is 6.28. The number of benzene rings is 1. The van der Waals surface area contributed by atoms with Crippen LogP contribution in [0.15, 0.2) is 36.2 Å². The van der Waals surface area contributed by atoms with Gasteiger partial charge < -0.3 is 0 Å². The summed E-state index contributed by atoms with van der Waals surface area (Å²) in [7, 11) is 0. The minimum Gasteiger partial charge on any atom is -0.207 e. The quantitative estimate of drug-likeness (QED) is 0.487. The highest BCUT2D eigenvalue weighted by molar-refractivity contribution is 5.16. The van der Waals surface area contributed by atoms with Gasteiger partial charge in [-0.3, -0.25) is 0 Å². The molecule has 22 heavy (non-hydrogen) atoms. The van der Waals surface area contributed by atoms with Gasteiger partial charge in [-0.1, -0.05) is 25.0 Å². The smallest absolute Gasteiger partial charge is 0.196 e. The lowest BCUT2D eigenvalue weighted by atomic mass is 9.79. The Bertz CT molecular complexity index is 519. The number of aryl methyl sites for hydroxylation is 1. The second-order valence-corrected chi connectivity index (χ2v) is 6.28. The Hall–Kier alpha value is -1.69. The molecular formula is C19H23F2N. The van der Waals surface area contributed by atoms with Crippen molar-refractivity contribution in [2.75, 3.05) is 0 Å². The van der Waals surface area contributed by atoms with Crippen molar-refractivity contribution in [1.29, 1.82) is 5.26 Å². The van der Waals surface area contributed by atoms with Gasteiger partial charge in [0.2, 0.25) is 0 Å². The molecule has 1 nitrogen and oxygen atoms in total. The predicted molar refractivity (Wildman–Crippen MR) is 84.2 cm³/mol. The van der Waals surface area contributed by atoms with E-state index in [1.165, 1.54) is 36.6 Å². The molecule has 0 atom stereocenters. The van der Waals surface area contributed by atoms with E-state index in [-0.39, 0.29) is 11.7 Å². The van der Waals surface area contributed by atoms with Gasteiger partial charge in [0.05, 0.1) is 0 Å². The molecule has 0 N–H and O–H groups in total. The molecule has 0 radical (unpaired) electrons. The molecule has 0 spiro atoms. The molecule has 0 unspecified atom stereocenters. The third-order valence-corrected chi connectivity index (χ3v) is 4.62. The summed E-state index contributed by atoms with van der Waals surface area (Å²) in [6.45, 7) is 0. The number of nitriles is 1. The van der Waals surface area contributed by atoms with Crippen molar-refractivity contribution in [3.8, 4) is 6.07 Å². The van der Waals surface area contributed by atoms with Crippen molar-refractivity contribution >= 4 is 0 Å². The fourth-order valence-corrected chi connectivity index (χ4v) is 3.30. The Morgan fingerprint density at radius 2 is 1.82 bits per heavy atom. The van der Waals surface area contributed by atoms with E-state index < -0.39 is 5.83 Å². The Morgan fingerprint density at radius 3 is 2.45 bits per heavy atom. The van der Waals surface area contributed by atoms with Crippen LogP contribution in [0.25, 0.3) is 0 Å². The first kappa shape index (κ1) is 16.7. The lowest BCUT2D eigenvalue weighted by Crippen LogP contribution is -2.13. The maximum Gasteiger partial charge on any atom is 0.196 e. The molecule has 0 aliphatic heterocycles. The molecule has 1 saturated carbocycles. The van der Waals surface area contributed by atoms with Gasteiger partial charge >= 0.3 is 0 Å². The maximum absolute atomic E-state index is 12.9. The number of rotatable bonds is 6. The average Bonchev–Trinajstić information content (AvgIpc) is 2.54. The Labute approximate surface area is 131 Å². The van der Waals surface area contributed by atoms with Crippen LogP contribution in [0, 0.1) is 29.0 Å². The molecule has 1 aliphatic carbocycles. The molecule has 0 heterocycles. The van der Waals surface area contributed by atoms with Gasteiger partial charge in [-0.25, -0.2) is 4.39 Å². The van der Waals surface area contributed by atoms with Crippen LogP contribution in [0.5, 0.6) is 0 Å². The molecule has 0 saturated heterocycles. The molecule has 0 amide bonds. The van der Waals surface area contributed by atoms with Crippen LogP contribution in [0.2, 0.25) is 0 Å². The first-order valence-electron chi connectivity index (χ1n) is 8.19. The third kappa shape index (κ3) is 5.60. The van der Waals surface area contributed by atoms with E-state index in [1.807, 2.05) is 12.1 Å². The average molecular weight is 303 g/mol. The minimum absolute atomic E-state index is 0.178. The predicted octanol–water partition coefficient (Wildman–Crippen LogP) is 5.72. The van der Waals surface area contributed by atoms with Crippen LogP contribution in [-0.4, -0.2) is 0 Å². The zero-order valence-corrected chi connectivity index (χ0v) is 12.9. The van der Waals surface area contributed by atoms with Crippen LogP contribution in [0.1, 0.15) is 50.5 Å². The zero-order chi connectivity index (χ0) is 15.8. The van der Waals surface area contributed by atoms with Crippen molar-refractivity contribution in [3.63, 3.8) is 0 Å². The summed E-state index contributed by atoms with van der Waals surface area (Å²) in [5, 5.41) is 8.46. The monoisotopic (exact) mass is 303 g/mol. The summed E-state index contributed by atoms with van der Waals surface area (Å²) in [5.74, 6) is 0.170. The summed E-state index contributed by atoms with van der Waals surface area (Å²) in [5.41, 5.74) is 1.20. The highest BCUT2D eigenvalue weighted by Crippen LogP contribution is 2.33. The number of allylic oxidation sites excluding steroid dienone is 2. The van der Waals surface area contributed by atoms with Gasteiger partial charge in [-0.2, -0.15) is 9.65 Å². The molecule has 2 rings (SSSR count). The number of unbranched alkanes of at least 4 members (excludes halogenated alkanes) is 1. The summed E-state index contributed by atoms with van der Waals surface area (Å²) < 4.78 is 25.7. The van der Waals surface area contributed by atoms with E-state index in [0.717, 1.165) is 44.4 Å². The maximum atomic E-state index is 12.9. The zero-order valence-electron chi connectivity index (χ0n) is 12.9. The minimum atomic E-state index is -0.636. The molecular weight excluding hydrogens is 280 g/mol. The lowest BCUT2D eigenvalue weighted by Gasteiger charge is -2.26. The van der Waals surface area contributed by atoms with Crippen LogP contribution in [0.4, 0.5) is 8.78 Å². The Morgan fingerprint density at radius 1 is 1.14 bits per heavy atom. The third-order valence-electron chi connectivity index (χ3n) is 4.62. The molecule has 1 aliphatic rings. The highest BCUT2D eigenvalue weighted by atomic mass is 19.1. The summed E-state index contributed by atoms with van der Waals surface area (Å²) in [4.78, 5) is 0. The molecule has 1 fully saturated rings. The molecule has 3 heteroatoms. The topological polar surface area (TPSA) is 23.8 Å². The number of nitrogens with zero attached hydrogens (tertiary/aromatic N) is 1. The summed E-state index contributed by atoms with van der Waals surface area (Å²) in [6.07, 6.45) is 10.3. The Balaban J connectivity index is 1.61. The SMILES string of the molecule is N#CC(F)=CC1CCC(CCCCc2ccc(F)cc2)CC1. The van der Waals surface area contributed by atoms with Crippen LogP contribution in [0.3, 0.4) is 0 Å². The lowest BCUT2D eigenvalue weighted by molar-refractivity contribution is 0.288. The summed E-state index contributed by atoms with van der Waals surface area (Å²) >= 11 is 0. The molecule has 118 valence electrons. The van der Waals surface area contributed by atoms with Crippen molar-refractivity contribution in [2.45, 2.75) is 51.4 Å². The largest absolute Gasteiger partial charge is 0.207 e. The number of halogens is 2. The van der Waals surface area contributed by atoms with Gasteiger partial charge in [0.15, 0.2) is 5.83 Å². The van der Waals surface area contributed by atoms with Gasteiger partial charge in [0.1, 0.15) is 11.9 Å². The summed E-state index contributed by atoms with van der Waals surface area (Å²) in [6, 6.07) is 8.31. The van der Waals surface area contributed by atoms with Crippen LogP contribution >= 0.6 is 0 Å². The molecule has 1 aromatic rings. The Kier molecular flexibility index (Phi) is 6.58. The standard InChI is InChI=1S/C19H23F2N/c20-18-11-9-16(10-12-18)4-2-1-3-15-5-7-17(8-6-15)13-19(21)14-22/h9-13,15,17H,1-8H2. The van der Waals surface area contributed by atoms with E-state index in [9.17, 15) is 8.78 Å². The van der Waals surface area contributed by atoms with Crippen LogP contribution in [-0.2, 0) is 6.42 Å². The fourth-order valence-electron chi connectivity index (χ4n) is 3.30. The normalized spacial score (nSPS) is 22.3. The highest BCUT2D eigenvalue weighted by Gasteiger charge is 2.20. The molecule has 1 aromatic carbocycles. The van der Waals surface area contributed by atoms with Crippen molar-refractivity contribution in [3.05, 3.63) is 47.5 Å². The van der Waals surface area contributed by atoms with Crippen LogP contribution < -0.4 is 0 Å². The van der Waals surface area contributed by atoms with E-state index in [0.29, 0.717) is 0 Å². The number of hydrogen-bond acceptors (Lipinski definition) is 1. The first-order chi connectivity index (χ1) is 10.7. The molecule has 0 bridgehead atoms. The van der Waals surface area contributed by atoms with E-state index in [2.05, 4.69) is 0 Å². The van der Waals surface area contributed by atoms with Crippen molar-refractivity contribution < 1.29 is 8.78 Å². The van der Waals surface area contributed by atoms with Crippen molar-refractivity contribution in [1.82, 2.24) is 0 Å². The van der Waals surface area contributed by atoms with E-state index in [4.69, 9.17) is 5.26 Å². The second kappa shape index (κ2) is 8.68. The van der Waals surface area contributed by atoms with Crippen molar-refractivity contribution in [2.24, 2.45) is 11.8 Å².